The highest BCUT2D eigenvalue weighted by Gasteiger charge is 2.28. The van der Waals surface area contributed by atoms with E-state index in [1.807, 2.05) is 27.7 Å². The van der Waals surface area contributed by atoms with Gasteiger partial charge in [-0.25, -0.2) is 14.8 Å². The molecule has 0 spiro atoms. The number of aromatic nitrogens is 2. The van der Waals surface area contributed by atoms with Crippen LogP contribution >= 0.6 is 11.6 Å². The fraction of sp³-hybridized carbons (Fsp3) is 0.688. The van der Waals surface area contributed by atoms with E-state index >= 15 is 0 Å². The molecule has 1 aliphatic heterocycles. The van der Waals surface area contributed by atoms with Crippen LogP contribution in [0.2, 0.25) is 5.15 Å². The van der Waals surface area contributed by atoms with Crippen LogP contribution in [-0.2, 0) is 11.2 Å². The normalized spacial score (nSPS) is 18.7. The van der Waals surface area contributed by atoms with E-state index in [1.54, 1.807) is 4.90 Å². The van der Waals surface area contributed by atoms with Gasteiger partial charge in [0.05, 0.1) is 0 Å². The van der Waals surface area contributed by atoms with Gasteiger partial charge < -0.3 is 15.0 Å². The molecule has 1 amide bonds. The van der Waals surface area contributed by atoms with Gasteiger partial charge in [0.2, 0.25) is 0 Å². The van der Waals surface area contributed by atoms with E-state index in [0.717, 1.165) is 37.2 Å². The summed E-state index contributed by atoms with van der Waals surface area (Å²) < 4.78 is 5.45. The van der Waals surface area contributed by atoms with Gasteiger partial charge in [-0.15, -0.1) is 0 Å². The van der Waals surface area contributed by atoms with Crippen molar-refractivity contribution in [2.24, 2.45) is 0 Å². The molecule has 2 rings (SSSR count). The van der Waals surface area contributed by atoms with Crippen molar-refractivity contribution in [2.45, 2.75) is 58.6 Å². The maximum Gasteiger partial charge on any atom is 0.410 e. The van der Waals surface area contributed by atoms with E-state index < -0.39 is 5.60 Å². The monoisotopic (exact) mass is 340 g/mol. The smallest absolute Gasteiger partial charge is 0.410 e. The van der Waals surface area contributed by atoms with Crippen molar-refractivity contribution in [3.8, 4) is 0 Å². The Labute approximate surface area is 142 Å². The number of likely N-dealkylation sites (tertiary alicyclic amines) is 1. The van der Waals surface area contributed by atoms with Crippen LogP contribution in [0.5, 0.6) is 0 Å². The Morgan fingerprint density at radius 1 is 1.48 bits per heavy atom. The number of hydrogen-bond donors (Lipinski definition) is 1. The second-order valence-corrected chi connectivity index (χ2v) is 7.11. The molecule has 2 heterocycles. The predicted octanol–water partition coefficient (Wildman–Crippen LogP) is 3.50. The number of nitrogens with one attached hydrogen (secondary N) is 1. The summed E-state index contributed by atoms with van der Waals surface area (Å²) in [7, 11) is 0. The molecule has 0 saturated carbocycles. The number of anilines is 1. The van der Waals surface area contributed by atoms with Gasteiger partial charge in [-0.2, -0.15) is 0 Å². The number of carbonyl (C=O) groups is 1. The highest BCUT2D eigenvalue weighted by atomic mass is 35.5. The molecular formula is C16H25ClN4O2. The second-order valence-electron chi connectivity index (χ2n) is 6.76. The number of nitrogens with zero attached hydrogens (tertiary/aromatic N) is 3. The number of amides is 1. The second kappa shape index (κ2) is 7.34. The molecule has 0 aromatic carbocycles. The summed E-state index contributed by atoms with van der Waals surface area (Å²) in [6, 6.07) is 0.132. The first-order valence-corrected chi connectivity index (χ1v) is 8.41. The Hall–Kier alpha value is -1.56. The fourth-order valence-electron chi connectivity index (χ4n) is 2.61. The zero-order chi connectivity index (χ0) is 17.0. The number of carbonyl (C=O) groups excluding carboxylic acids is 1. The van der Waals surface area contributed by atoms with Crippen molar-refractivity contribution in [1.82, 2.24) is 14.9 Å². The summed E-state index contributed by atoms with van der Waals surface area (Å²) in [5.74, 6) is 0.753. The zero-order valence-electron chi connectivity index (χ0n) is 14.2. The lowest BCUT2D eigenvalue weighted by molar-refractivity contribution is 0.0206. The highest BCUT2D eigenvalue weighted by molar-refractivity contribution is 6.30. The van der Waals surface area contributed by atoms with Gasteiger partial charge in [-0.3, -0.25) is 0 Å². The van der Waals surface area contributed by atoms with Crippen LogP contribution in [0.4, 0.5) is 10.6 Å². The Morgan fingerprint density at radius 2 is 2.22 bits per heavy atom. The van der Waals surface area contributed by atoms with Gasteiger partial charge in [0.25, 0.3) is 0 Å². The van der Waals surface area contributed by atoms with Gasteiger partial charge in [0.15, 0.2) is 0 Å². The lowest BCUT2D eigenvalue weighted by atomic mass is 10.1. The number of hydrogen-bond acceptors (Lipinski definition) is 5. The van der Waals surface area contributed by atoms with Crippen LogP contribution in [0.15, 0.2) is 6.33 Å². The zero-order valence-corrected chi connectivity index (χ0v) is 15.0. The first kappa shape index (κ1) is 17.8. The third-order valence-electron chi connectivity index (χ3n) is 3.66. The molecule has 1 aromatic rings. The van der Waals surface area contributed by atoms with Crippen molar-refractivity contribution >= 4 is 23.5 Å². The lowest BCUT2D eigenvalue weighted by Crippen LogP contribution is -2.47. The van der Waals surface area contributed by atoms with Gasteiger partial charge in [-0.1, -0.05) is 18.5 Å². The van der Waals surface area contributed by atoms with Gasteiger partial charge in [0, 0.05) is 24.7 Å². The highest BCUT2D eigenvalue weighted by Crippen LogP contribution is 2.23. The van der Waals surface area contributed by atoms with E-state index in [9.17, 15) is 4.79 Å². The molecule has 128 valence electrons. The maximum absolute atomic E-state index is 12.2. The SMILES string of the molecule is CCc1c(Cl)ncnc1N[C@@H]1CCCN(C(=O)OC(C)(C)C)C1. The predicted molar refractivity (Wildman–Crippen MR) is 90.9 cm³/mol. The Morgan fingerprint density at radius 3 is 2.87 bits per heavy atom. The summed E-state index contributed by atoms with van der Waals surface area (Å²) in [4.78, 5) is 22.3. The molecular weight excluding hydrogens is 316 g/mol. The molecule has 7 heteroatoms. The minimum Gasteiger partial charge on any atom is -0.444 e. The van der Waals surface area contributed by atoms with Crippen LogP contribution < -0.4 is 5.32 Å². The molecule has 23 heavy (non-hydrogen) atoms. The minimum atomic E-state index is -0.479. The van der Waals surface area contributed by atoms with Crippen molar-refractivity contribution < 1.29 is 9.53 Å². The fourth-order valence-corrected chi connectivity index (χ4v) is 2.88. The van der Waals surface area contributed by atoms with Crippen LogP contribution in [0.3, 0.4) is 0 Å². The average Bonchev–Trinajstić information content (AvgIpc) is 2.46. The van der Waals surface area contributed by atoms with Crippen molar-refractivity contribution in [1.29, 1.82) is 0 Å². The minimum absolute atomic E-state index is 0.132. The quantitative estimate of drug-likeness (QED) is 0.853. The molecule has 0 unspecified atom stereocenters. The Bertz CT molecular complexity index is 560. The third kappa shape index (κ3) is 4.96. The molecule has 1 fully saturated rings. The standard InChI is InChI=1S/C16H25ClN4O2/c1-5-12-13(17)18-10-19-14(12)20-11-7-6-8-21(9-11)15(22)23-16(2,3)4/h10-11H,5-9H2,1-4H3,(H,18,19,20)/t11-/m1/s1. The van der Waals surface area contributed by atoms with E-state index in [2.05, 4.69) is 15.3 Å². The average molecular weight is 341 g/mol. The summed E-state index contributed by atoms with van der Waals surface area (Å²) in [5.41, 5.74) is 0.427. The summed E-state index contributed by atoms with van der Waals surface area (Å²) >= 11 is 6.12. The largest absolute Gasteiger partial charge is 0.444 e. The van der Waals surface area contributed by atoms with E-state index in [0.29, 0.717) is 11.7 Å². The topological polar surface area (TPSA) is 67.4 Å². The first-order valence-electron chi connectivity index (χ1n) is 8.04. The van der Waals surface area contributed by atoms with E-state index in [-0.39, 0.29) is 12.1 Å². The van der Waals surface area contributed by atoms with E-state index in [4.69, 9.17) is 16.3 Å². The van der Waals surface area contributed by atoms with Crippen molar-refractivity contribution in [3.05, 3.63) is 17.0 Å². The molecule has 0 aliphatic carbocycles. The molecule has 1 aliphatic rings. The van der Waals surface area contributed by atoms with Gasteiger partial charge >= 0.3 is 6.09 Å². The Kier molecular flexibility index (Phi) is 5.68. The molecule has 0 bridgehead atoms. The molecule has 1 atom stereocenters. The van der Waals surface area contributed by atoms with Gasteiger partial charge in [-0.05, 0) is 40.0 Å². The van der Waals surface area contributed by atoms with Crippen LogP contribution in [-0.4, -0.2) is 45.7 Å². The summed E-state index contributed by atoms with van der Waals surface area (Å²) in [6.45, 7) is 8.96. The van der Waals surface area contributed by atoms with Crippen molar-refractivity contribution in [3.63, 3.8) is 0 Å². The van der Waals surface area contributed by atoms with Crippen molar-refractivity contribution in [2.75, 3.05) is 18.4 Å². The maximum atomic E-state index is 12.2. The summed E-state index contributed by atoms with van der Waals surface area (Å²) in [5, 5.41) is 3.88. The van der Waals surface area contributed by atoms with Crippen LogP contribution in [0.1, 0.15) is 46.1 Å². The van der Waals surface area contributed by atoms with Crippen LogP contribution in [0.25, 0.3) is 0 Å². The van der Waals surface area contributed by atoms with Gasteiger partial charge in [0.1, 0.15) is 22.9 Å². The number of halogens is 1. The molecule has 0 radical (unpaired) electrons. The Balaban J connectivity index is 2.02. The molecule has 1 N–H and O–H groups in total. The molecule has 1 saturated heterocycles. The number of piperidine rings is 1. The number of ether oxygens (including phenoxy) is 1. The lowest BCUT2D eigenvalue weighted by Gasteiger charge is -2.34. The molecule has 6 nitrogen and oxygen atoms in total. The van der Waals surface area contributed by atoms with E-state index in [1.165, 1.54) is 6.33 Å². The summed E-state index contributed by atoms with van der Waals surface area (Å²) in [6.07, 6.45) is 3.85. The number of rotatable bonds is 3. The first-order chi connectivity index (χ1) is 10.8. The molecule has 1 aromatic heterocycles. The third-order valence-corrected chi connectivity index (χ3v) is 3.99. The van der Waals surface area contributed by atoms with Crippen LogP contribution in [0, 0.1) is 0 Å².